The van der Waals surface area contributed by atoms with Crippen LogP contribution in [0.15, 0.2) is 24.3 Å². The average molecular weight is 286 g/mol. The van der Waals surface area contributed by atoms with Crippen molar-refractivity contribution in [3.05, 3.63) is 35.4 Å². The molecule has 6 heteroatoms. The minimum Gasteiger partial charge on any atom is -0.394 e. The van der Waals surface area contributed by atoms with E-state index in [1.54, 1.807) is 0 Å². The Labute approximate surface area is 117 Å². The lowest BCUT2D eigenvalue weighted by Crippen LogP contribution is -2.48. The van der Waals surface area contributed by atoms with Gasteiger partial charge >= 0.3 is 0 Å². The largest absolute Gasteiger partial charge is 0.394 e. The number of hydrogen-bond acceptors (Lipinski definition) is 6. The maximum atomic E-state index is 9.80. The molecule has 0 bridgehead atoms. The van der Waals surface area contributed by atoms with E-state index in [1.165, 1.54) is 0 Å². The van der Waals surface area contributed by atoms with Crippen LogP contribution >= 0.6 is 0 Å². The van der Waals surface area contributed by atoms with Crippen molar-refractivity contribution in [2.75, 3.05) is 13.2 Å². The topological polar surface area (TPSA) is 110 Å². The standard InChI is InChI=1S/C14H22O6/c1-9-2-4-10(5-3-9)8-20-14(12(18)7-16)13(19)11(17)6-15/h2-5,11-19H,6-8H2,1H3/t11-,12-,13-,14-/m1/s1. The normalized spacial score (nSPS) is 17.5. The Morgan fingerprint density at radius 2 is 1.50 bits per heavy atom. The molecule has 0 spiro atoms. The van der Waals surface area contributed by atoms with Crippen LogP contribution in [0.25, 0.3) is 0 Å². The summed E-state index contributed by atoms with van der Waals surface area (Å²) in [6.45, 7) is 0.777. The van der Waals surface area contributed by atoms with Crippen molar-refractivity contribution >= 4 is 0 Å². The van der Waals surface area contributed by atoms with Crippen molar-refractivity contribution in [1.82, 2.24) is 0 Å². The summed E-state index contributed by atoms with van der Waals surface area (Å²) < 4.78 is 5.37. The summed E-state index contributed by atoms with van der Waals surface area (Å²) in [5.74, 6) is 0. The van der Waals surface area contributed by atoms with Crippen LogP contribution in [0.4, 0.5) is 0 Å². The molecule has 0 saturated heterocycles. The van der Waals surface area contributed by atoms with E-state index in [0.717, 1.165) is 11.1 Å². The van der Waals surface area contributed by atoms with Crippen molar-refractivity contribution in [1.29, 1.82) is 0 Å². The molecule has 0 fully saturated rings. The summed E-state index contributed by atoms with van der Waals surface area (Å²) in [7, 11) is 0. The first-order valence-electron chi connectivity index (χ1n) is 6.42. The highest BCUT2D eigenvalue weighted by Gasteiger charge is 2.32. The molecule has 1 aromatic carbocycles. The van der Waals surface area contributed by atoms with Gasteiger partial charge in [0.05, 0.1) is 19.8 Å². The van der Waals surface area contributed by atoms with Crippen LogP contribution in [-0.4, -0.2) is 63.2 Å². The summed E-state index contributed by atoms with van der Waals surface area (Å²) in [5.41, 5.74) is 1.92. The lowest BCUT2D eigenvalue weighted by molar-refractivity contribution is -0.153. The van der Waals surface area contributed by atoms with Gasteiger partial charge in [0.2, 0.25) is 0 Å². The van der Waals surface area contributed by atoms with Crippen LogP contribution in [0.3, 0.4) is 0 Å². The number of hydrogen-bond donors (Lipinski definition) is 5. The predicted octanol–water partition coefficient (Wildman–Crippen LogP) is -1.05. The van der Waals surface area contributed by atoms with E-state index in [-0.39, 0.29) is 6.61 Å². The zero-order chi connectivity index (χ0) is 15.1. The smallest absolute Gasteiger partial charge is 0.115 e. The van der Waals surface area contributed by atoms with E-state index in [0.29, 0.717) is 0 Å². The molecule has 0 radical (unpaired) electrons. The van der Waals surface area contributed by atoms with Crippen molar-refractivity contribution in [3.63, 3.8) is 0 Å². The Bertz CT molecular complexity index is 380. The Balaban J connectivity index is 2.67. The second-order valence-corrected chi connectivity index (χ2v) is 4.75. The van der Waals surface area contributed by atoms with Crippen LogP contribution in [0, 0.1) is 6.92 Å². The fourth-order valence-corrected chi connectivity index (χ4v) is 1.74. The monoisotopic (exact) mass is 286 g/mol. The first-order chi connectivity index (χ1) is 9.49. The van der Waals surface area contributed by atoms with E-state index in [1.807, 2.05) is 31.2 Å². The van der Waals surface area contributed by atoms with Gasteiger partial charge in [0.15, 0.2) is 0 Å². The van der Waals surface area contributed by atoms with Gasteiger partial charge in [0.25, 0.3) is 0 Å². The molecule has 0 saturated carbocycles. The molecule has 0 aliphatic heterocycles. The maximum absolute atomic E-state index is 9.80. The van der Waals surface area contributed by atoms with Crippen molar-refractivity contribution in [3.8, 4) is 0 Å². The quantitative estimate of drug-likeness (QED) is 0.417. The van der Waals surface area contributed by atoms with E-state index < -0.39 is 37.6 Å². The Morgan fingerprint density at radius 3 is 2.00 bits per heavy atom. The molecule has 0 aromatic heterocycles. The molecule has 0 aliphatic carbocycles. The molecule has 0 aliphatic rings. The minimum atomic E-state index is -1.49. The summed E-state index contributed by atoms with van der Waals surface area (Å²) in [6, 6.07) is 7.48. The molecule has 20 heavy (non-hydrogen) atoms. The lowest BCUT2D eigenvalue weighted by atomic mass is 10.0. The molecule has 1 aromatic rings. The summed E-state index contributed by atoms with van der Waals surface area (Å²) in [5, 5.41) is 46.6. The molecule has 0 unspecified atom stereocenters. The highest BCUT2D eigenvalue weighted by molar-refractivity contribution is 5.20. The Hall–Kier alpha value is -1.02. The second-order valence-electron chi connectivity index (χ2n) is 4.75. The molecule has 0 heterocycles. The van der Waals surface area contributed by atoms with Gasteiger partial charge in [-0.2, -0.15) is 0 Å². The van der Waals surface area contributed by atoms with Gasteiger partial charge in [-0.15, -0.1) is 0 Å². The zero-order valence-electron chi connectivity index (χ0n) is 11.4. The number of ether oxygens (including phenoxy) is 1. The van der Waals surface area contributed by atoms with Gasteiger partial charge in [0.1, 0.15) is 24.4 Å². The van der Waals surface area contributed by atoms with Crippen LogP contribution in [0.2, 0.25) is 0 Å². The van der Waals surface area contributed by atoms with Gasteiger partial charge in [-0.3, -0.25) is 0 Å². The van der Waals surface area contributed by atoms with E-state index in [2.05, 4.69) is 0 Å². The summed E-state index contributed by atoms with van der Waals surface area (Å²) >= 11 is 0. The fourth-order valence-electron chi connectivity index (χ4n) is 1.74. The molecule has 4 atom stereocenters. The second kappa shape index (κ2) is 8.31. The van der Waals surface area contributed by atoms with Gasteiger partial charge < -0.3 is 30.3 Å². The number of benzene rings is 1. The summed E-state index contributed by atoms with van der Waals surface area (Å²) in [4.78, 5) is 0. The summed E-state index contributed by atoms with van der Waals surface area (Å²) in [6.07, 6.45) is -5.48. The van der Waals surface area contributed by atoms with Gasteiger partial charge in [-0.25, -0.2) is 0 Å². The van der Waals surface area contributed by atoms with E-state index in [9.17, 15) is 15.3 Å². The number of aliphatic hydroxyl groups is 5. The first-order valence-corrected chi connectivity index (χ1v) is 6.42. The average Bonchev–Trinajstić information content (AvgIpc) is 2.47. The van der Waals surface area contributed by atoms with Crippen LogP contribution in [-0.2, 0) is 11.3 Å². The molecular weight excluding hydrogens is 264 g/mol. The third-order valence-corrected chi connectivity index (χ3v) is 3.05. The fraction of sp³-hybridized carbons (Fsp3) is 0.571. The van der Waals surface area contributed by atoms with Crippen molar-refractivity contribution < 1.29 is 30.3 Å². The Kier molecular flexibility index (Phi) is 7.08. The van der Waals surface area contributed by atoms with Gasteiger partial charge in [0, 0.05) is 0 Å². The van der Waals surface area contributed by atoms with Crippen LogP contribution in [0.1, 0.15) is 11.1 Å². The third-order valence-electron chi connectivity index (χ3n) is 3.05. The van der Waals surface area contributed by atoms with Gasteiger partial charge in [-0.1, -0.05) is 29.8 Å². The SMILES string of the molecule is Cc1ccc(CO[C@@H]([C@H](O)[C@H](O)CO)[C@H](O)CO)cc1. The highest BCUT2D eigenvalue weighted by Crippen LogP contribution is 2.13. The highest BCUT2D eigenvalue weighted by atomic mass is 16.5. The molecule has 0 amide bonds. The van der Waals surface area contributed by atoms with Crippen molar-refractivity contribution in [2.45, 2.75) is 37.9 Å². The lowest BCUT2D eigenvalue weighted by Gasteiger charge is -2.29. The third kappa shape index (κ3) is 4.82. The van der Waals surface area contributed by atoms with Gasteiger partial charge in [-0.05, 0) is 12.5 Å². The molecule has 114 valence electrons. The molecule has 5 N–H and O–H groups in total. The molecule has 1 rings (SSSR count). The van der Waals surface area contributed by atoms with Crippen LogP contribution < -0.4 is 0 Å². The maximum Gasteiger partial charge on any atom is 0.115 e. The van der Waals surface area contributed by atoms with Crippen LogP contribution in [0.5, 0.6) is 0 Å². The number of aliphatic hydroxyl groups excluding tert-OH is 5. The molecular formula is C14H22O6. The van der Waals surface area contributed by atoms with Crippen molar-refractivity contribution in [2.24, 2.45) is 0 Å². The van der Waals surface area contributed by atoms with E-state index >= 15 is 0 Å². The predicted molar refractivity (Wildman–Crippen MR) is 71.9 cm³/mol. The number of aryl methyl sites for hydroxylation is 1. The minimum absolute atomic E-state index is 0.108. The Morgan fingerprint density at radius 1 is 0.950 bits per heavy atom. The number of rotatable bonds is 8. The molecule has 6 nitrogen and oxygen atoms in total. The van der Waals surface area contributed by atoms with E-state index in [4.69, 9.17) is 14.9 Å². The zero-order valence-corrected chi connectivity index (χ0v) is 11.4. The first kappa shape index (κ1) is 17.0.